The summed E-state index contributed by atoms with van der Waals surface area (Å²) in [5.74, 6) is 0.709. The van der Waals surface area contributed by atoms with E-state index in [1.165, 1.54) is 11.8 Å². The summed E-state index contributed by atoms with van der Waals surface area (Å²) >= 11 is 1.49. The Morgan fingerprint density at radius 2 is 1.91 bits per heavy atom. The number of hydrogen-bond acceptors (Lipinski definition) is 7. The van der Waals surface area contributed by atoms with Crippen molar-refractivity contribution >= 4 is 34.5 Å². The average molecular weight is 474 g/mol. The minimum absolute atomic E-state index is 0.0894. The Labute approximate surface area is 198 Å². The van der Waals surface area contributed by atoms with E-state index in [-0.39, 0.29) is 5.76 Å². The van der Waals surface area contributed by atoms with Gasteiger partial charge in [0.05, 0.1) is 23.1 Å². The van der Waals surface area contributed by atoms with E-state index in [0.29, 0.717) is 39.4 Å². The zero-order chi connectivity index (χ0) is 23.5. The lowest BCUT2D eigenvalue weighted by molar-refractivity contribution is 0.0831. The number of pyridine rings is 1. The van der Waals surface area contributed by atoms with Crippen LogP contribution in [0.15, 0.2) is 87.2 Å². The minimum atomic E-state index is -0.564. The number of benzene rings is 1. The first-order valence-electron chi connectivity index (χ1n) is 10.3. The number of furan rings is 2. The fourth-order valence-corrected chi connectivity index (χ4v) is 4.19. The number of carbonyl (C=O) groups is 2. The third kappa shape index (κ3) is 4.44. The Bertz CT molecular complexity index is 1470. The van der Waals surface area contributed by atoms with Gasteiger partial charge in [0.1, 0.15) is 11.5 Å². The van der Waals surface area contributed by atoms with E-state index in [9.17, 15) is 9.59 Å². The second-order valence-corrected chi connectivity index (χ2v) is 8.28. The summed E-state index contributed by atoms with van der Waals surface area (Å²) in [6.07, 6.45) is 5.11. The zero-order valence-corrected chi connectivity index (χ0v) is 18.8. The van der Waals surface area contributed by atoms with E-state index in [1.807, 2.05) is 36.0 Å². The summed E-state index contributed by atoms with van der Waals surface area (Å²) in [7, 11) is 1.91. The molecule has 5 rings (SSSR count). The summed E-state index contributed by atoms with van der Waals surface area (Å²) in [5, 5.41) is 1.49. The van der Waals surface area contributed by atoms with Gasteiger partial charge in [-0.3, -0.25) is 20.4 Å². The second-order valence-electron chi connectivity index (χ2n) is 7.33. The van der Waals surface area contributed by atoms with Gasteiger partial charge in [-0.05, 0) is 36.4 Å². The van der Waals surface area contributed by atoms with Gasteiger partial charge in [-0.25, -0.2) is 9.97 Å². The van der Waals surface area contributed by atoms with Crippen molar-refractivity contribution in [2.45, 2.75) is 10.9 Å². The molecule has 1 aromatic carbocycles. The van der Waals surface area contributed by atoms with Gasteiger partial charge in [0.2, 0.25) is 0 Å². The maximum absolute atomic E-state index is 13.0. The first-order valence-corrected chi connectivity index (χ1v) is 11.3. The number of aryl methyl sites for hydroxylation is 1. The number of nitrogens with zero attached hydrogens (tertiary/aromatic N) is 3. The molecule has 2 N–H and O–H groups in total. The third-order valence-electron chi connectivity index (χ3n) is 5.03. The van der Waals surface area contributed by atoms with Crippen LogP contribution < -0.4 is 10.9 Å². The van der Waals surface area contributed by atoms with Crippen molar-refractivity contribution in [3.63, 3.8) is 0 Å². The number of nitrogens with one attached hydrogen (secondary N) is 2. The number of para-hydroxylation sites is 1. The summed E-state index contributed by atoms with van der Waals surface area (Å²) < 4.78 is 12.9. The van der Waals surface area contributed by atoms with E-state index in [4.69, 9.17) is 8.83 Å². The molecule has 170 valence electrons. The van der Waals surface area contributed by atoms with Crippen LogP contribution in [0, 0.1) is 0 Å². The molecule has 0 saturated heterocycles. The van der Waals surface area contributed by atoms with E-state index in [2.05, 4.69) is 20.8 Å². The van der Waals surface area contributed by atoms with Crippen LogP contribution >= 0.6 is 11.8 Å². The van der Waals surface area contributed by atoms with Crippen LogP contribution in [0.1, 0.15) is 26.7 Å². The fraction of sp³-hybridized carbons (Fsp3) is 0.0833. The Morgan fingerprint density at radius 3 is 2.71 bits per heavy atom. The van der Waals surface area contributed by atoms with Crippen LogP contribution in [0.4, 0.5) is 0 Å². The van der Waals surface area contributed by atoms with Gasteiger partial charge in [-0.2, -0.15) is 0 Å². The number of aromatic nitrogens is 3. The monoisotopic (exact) mass is 473 g/mol. The van der Waals surface area contributed by atoms with Crippen LogP contribution in [0.5, 0.6) is 0 Å². The van der Waals surface area contributed by atoms with Gasteiger partial charge < -0.3 is 13.4 Å². The predicted octanol–water partition coefficient (Wildman–Crippen LogP) is 4.19. The molecule has 0 spiro atoms. The zero-order valence-electron chi connectivity index (χ0n) is 18.0. The first-order chi connectivity index (χ1) is 16.6. The lowest BCUT2D eigenvalue weighted by atomic mass is 10.1. The number of hydrogen-bond donors (Lipinski definition) is 2. The van der Waals surface area contributed by atoms with E-state index in [1.54, 1.807) is 48.9 Å². The lowest BCUT2D eigenvalue weighted by Crippen LogP contribution is -2.41. The van der Waals surface area contributed by atoms with Crippen LogP contribution in [-0.2, 0) is 12.8 Å². The quantitative estimate of drug-likeness (QED) is 0.281. The molecule has 0 saturated carbocycles. The molecule has 4 heterocycles. The van der Waals surface area contributed by atoms with Crippen molar-refractivity contribution in [2.24, 2.45) is 7.05 Å². The molecule has 0 radical (unpaired) electrons. The highest BCUT2D eigenvalue weighted by atomic mass is 32.2. The van der Waals surface area contributed by atoms with Crippen molar-refractivity contribution in [1.29, 1.82) is 0 Å². The third-order valence-corrected chi connectivity index (χ3v) is 6.11. The molecular weight excluding hydrogens is 454 g/mol. The van der Waals surface area contributed by atoms with Crippen LogP contribution in [-0.4, -0.2) is 26.3 Å². The molecule has 0 aliphatic rings. The van der Waals surface area contributed by atoms with E-state index < -0.39 is 11.8 Å². The number of carbonyl (C=O) groups excluding carboxylic acids is 2. The Hall–Kier alpha value is -4.31. The topological polar surface area (TPSA) is 115 Å². The lowest BCUT2D eigenvalue weighted by Gasteiger charge is -2.10. The SMILES string of the molecule is Cn1ccnc1SCc1ccc(C(=O)NNC(=O)c2cc(-c3ccco3)nc3ccccc23)o1. The molecule has 0 fully saturated rings. The Morgan fingerprint density at radius 1 is 1.06 bits per heavy atom. The average Bonchev–Trinajstić information content (AvgIpc) is 3.63. The van der Waals surface area contributed by atoms with E-state index in [0.717, 1.165) is 5.16 Å². The van der Waals surface area contributed by atoms with Gasteiger partial charge >= 0.3 is 5.91 Å². The summed E-state index contributed by atoms with van der Waals surface area (Å²) in [6, 6.07) is 15.7. The highest BCUT2D eigenvalue weighted by molar-refractivity contribution is 7.98. The predicted molar refractivity (Wildman–Crippen MR) is 126 cm³/mol. The minimum Gasteiger partial charge on any atom is -0.463 e. The maximum atomic E-state index is 13.0. The number of amides is 2. The highest BCUT2D eigenvalue weighted by Gasteiger charge is 2.17. The maximum Gasteiger partial charge on any atom is 0.305 e. The molecule has 0 unspecified atom stereocenters. The molecule has 0 atom stereocenters. The van der Waals surface area contributed by atoms with Crippen LogP contribution in [0.2, 0.25) is 0 Å². The molecule has 10 heteroatoms. The van der Waals surface area contributed by atoms with Gasteiger partial charge in [-0.15, -0.1) is 0 Å². The van der Waals surface area contributed by atoms with E-state index >= 15 is 0 Å². The summed E-state index contributed by atoms with van der Waals surface area (Å²) in [5.41, 5.74) is 6.37. The van der Waals surface area contributed by atoms with Gasteiger partial charge in [0.25, 0.3) is 5.91 Å². The summed E-state index contributed by atoms with van der Waals surface area (Å²) in [4.78, 5) is 34.3. The van der Waals surface area contributed by atoms with Crippen molar-refractivity contribution in [2.75, 3.05) is 0 Å². The molecular formula is C24H19N5O4S. The van der Waals surface area contributed by atoms with Crippen LogP contribution in [0.3, 0.4) is 0 Å². The Kier molecular flexibility index (Phi) is 5.88. The number of thioether (sulfide) groups is 1. The largest absolute Gasteiger partial charge is 0.463 e. The first kappa shape index (κ1) is 21.5. The molecule has 5 aromatic rings. The van der Waals surface area contributed by atoms with Crippen molar-refractivity contribution in [1.82, 2.24) is 25.4 Å². The summed E-state index contributed by atoms with van der Waals surface area (Å²) in [6.45, 7) is 0. The molecule has 0 aliphatic heterocycles. The van der Waals surface area contributed by atoms with Gasteiger partial charge in [0, 0.05) is 24.8 Å². The molecule has 0 bridgehead atoms. The van der Waals surface area contributed by atoms with Crippen molar-refractivity contribution < 1.29 is 18.4 Å². The molecule has 9 nitrogen and oxygen atoms in total. The smallest absolute Gasteiger partial charge is 0.305 e. The second kappa shape index (κ2) is 9.28. The highest BCUT2D eigenvalue weighted by Crippen LogP contribution is 2.25. The molecule has 4 aromatic heterocycles. The van der Waals surface area contributed by atoms with Crippen LogP contribution in [0.25, 0.3) is 22.4 Å². The molecule has 0 aliphatic carbocycles. The van der Waals surface area contributed by atoms with Gasteiger partial charge in [0.15, 0.2) is 16.7 Å². The fourth-order valence-electron chi connectivity index (χ4n) is 3.36. The number of rotatable bonds is 6. The van der Waals surface area contributed by atoms with Crippen molar-refractivity contribution in [3.8, 4) is 11.5 Å². The number of imidazole rings is 1. The van der Waals surface area contributed by atoms with Gasteiger partial charge in [-0.1, -0.05) is 30.0 Å². The molecule has 34 heavy (non-hydrogen) atoms. The number of fused-ring (bicyclic) bond motifs is 1. The Balaban J connectivity index is 1.28. The normalized spacial score (nSPS) is 11.0. The molecule has 2 amide bonds. The standard InChI is InChI=1S/C24H19N5O4S/c1-29-11-10-25-24(29)34-14-15-8-9-21(33-15)23(31)28-27-22(30)17-13-19(20-7-4-12-32-20)26-18-6-3-2-5-16(17)18/h2-13H,14H2,1H3,(H,27,30)(H,28,31). The van der Waals surface area contributed by atoms with Crippen molar-refractivity contribution in [3.05, 3.63) is 90.3 Å². The number of hydrazine groups is 1.